The molecule has 0 N–H and O–H groups in total. The Morgan fingerprint density at radius 1 is 1.04 bits per heavy atom. The molecule has 0 radical (unpaired) electrons. The van der Waals surface area contributed by atoms with Gasteiger partial charge in [-0.2, -0.15) is 0 Å². The molecule has 0 fully saturated rings. The molecule has 0 saturated carbocycles. The molecule has 0 amide bonds. The third-order valence-corrected chi connectivity index (χ3v) is 2.80. The van der Waals surface area contributed by atoms with Crippen LogP contribution in [0.25, 0.3) is 6.08 Å². The largest absolute Gasteiger partial charge is 0.427 e. The lowest BCUT2D eigenvalue weighted by atomic mass is 10.2. The SMILES string of the molecule is CC(=O)Oc1cccc(C=CC(=O)Oc2ccc([N+](=O)[O-])cc2)c1. The van der Waals surface area contributed by atoms with Crippen LogP contribution in [0.1, 0.15) is 12.5 Å². The zero-order valence-electron chi connectivity index (χ0n) is 12.7. The molecule has 122 valence electrons. The van der Waals surface area contributed by atoms with Gasteiger partial charge in [-0.15, -0.1) is 0 Å². The lowest BCUT2D eigenvalue weighted by Gasteiger charge is -2.02. The average molecular weight is 327 g/mol. The minimum atomic E-state index is -0.637. The third-order valence-electron chi connectivity index (χ3n) is 2.80. The molecular weight excluding hydrogens is 314 g/mol. The Kier molecular flexibility index (Phi) is 5.40. The van der Waals surface area contributed by atoms with Gasteiger partial charge in [-0.25, -0.2) is 4.79 Å². The van der Waals surface area contributed by atoms with E-state index in [1.54, 1.807) is 24.3 Å². The van der Waals surface area contributed by atoms with E-state index in [0.29, 0.717) is 11.3 Å². The fraction of sp³-hybridized carbons (Fsp3) is 0.0588. The van der Waals surface area contributed by atoms with E-state index in [1.165, 1.54) is 43.3 Å². The summed E-state index contributed by atoms with van der Waals surface area (Å²) in [6, 6.07) is 11.8. The molecule has 24 heavy (non-hydrogen) atoms. The molecule has 0 bridgehead atoms. The van der Waals surface area contributed by atoms with Crippen LogP contribution in [0.15, 0.2) is 54.6 Å². The van der Waals surface area contributed by atoms with Crippen molar-refractivity contribution in [2.45, 2.75) is 6.92 Å². The number of esters is 2. The fourth-order valence-corrected chi connectivity index (χ4v) is 1.80. The quantitative estimate of drug-likeness (QED) is 0.275. The molecule has 0 aliphatic heterocycles. The number of hydrogen-bond acceptors (Lipinski definition) is 6. The first kappa shape index (κ1) is 16.9. The van der Waals surface area contributed by atoms with Crippen LogP contribution in [-0.2, 0) is 9.59 Å². The highest BCUT2D eigenvalue weighted by Crippen LogP contribution is 2.18. The van der Waals surface area contributed by atoms with E-state index in [2.05, 4.69) is 0 Å². The maximum absolute atomic E-state index is 11.7. The van der Waals surface area contributed by atoms with E-state index >= 15 is 0 Å². The highest BCUT2D eigenvalue weighted by atomic mass is 16.6. The zero-order chi connectivity index (χ0) is 17.5. The Labute approximate surface area is 137 Å². The van der Waals surface area contributed by atoms with Gasteiger partial charge in [0.05, 0.1) is 4.92 Å². The van der Waals surface area contributed by atoms with Gasteiger partial charge < -0.3 is 9.47 Å². The second kappa shape index (κ2) is 7.68. The maximum Gasteiger partial charge on any atom is 0.336 e. The van der Waals surface area contributed by atoms with Crippen LogP contribution in [0.3, 0.4) is 0 Å². The number of benzene rings is 2. The molecule has 7 nitrogen and oxygen atoms in total. The molecule has 0 aliphatic rings. The second-order valence-corrected chi connectivity index (χ2v) is 4.67. The van der Waals surface area contributed by atoms with Crippen molar-refractivity contribution in [3.63, 3.8) is 0 Å². The first-order valence-electron chi connectivity index (χ1n) is 6.87. The minimum Gasteiger partial charge on any atom is -0.427 e. The third kappa shape index (κ3) is 5.06. The van der Waals surface area contributed by atoms with E-state index in [-0.39, 0.29) is 11.4 Å². The van der Waals surface area contributed by atoms with E-state index in [4.69, 9.17) is 9.47 Å². The van der Waals surface area contributed by atoms with Crippen molar-refractivity contribution in [1.29, 1.82) is 0 Å². The van der Waals surface area contributed by atoms with E-state index in [9.17, 15) is 19.7 Å². The summed E-state index contributed by atoms with van der Waals surface area (Å²) in [4.78, 5) is 32.6. The molecule has 0 atom stereocenters. The van der Waals surface area contributed by atoms with Gasteiger partial charge in [-0.3, -0.25) is 14.9 Å². The summed E-state index contributed by atoms with van der Waals surface area (Å²) >= 11 is 0. The second-order valence-electron chi connectivity index (χ2n) is 4.67. The first-order valence-corrected chi connectivity index (χ1v) is 6.87. The number of carbonyl (C=O) groups excluding carboxylic acids is 2. The van der Waals surface area contributed by atoms with Crippen molar-refractivity contribution >= 4 is 23.7 Å². The molecule has 0 aliphatic carbocycles. The number of nitro benzene ring substituents is 1. The Balaban J connectivity index is 2.00. The normalized spacial score (nSPS) is 10.4. The van der Waals surface area contributed by atoms with Crippen molar-refractivity contribution in [1.82, 2.24) is 0 Å². The van der Waals surface area contributed by atoms with Crippen molar-refractivity contribution < 1.29 is 24.0 Å². The first-order chi connectivity index (χ1) is 11.4. The van der Waals surface area contributed by atoms with Crippen LogP contribution < -0.4 is 9.47 Å². The summed E-state index contributed by atoms with van der Waals surface area (Å²) in [5.74, 6) is -0.507. The zero-order valence-corrected chi connectivity index (χ0v) is 12.7. The Morgan fingerprint density at radius 2 is 1.75 bits per heavy atom. The summed E-state index contributed by atoms with van der Waals surface area (Å²) in [7, 11) is 0. The van der Waals surface area contributed by atoms with Gasteiger partial charge in [0.2, 0.25) is 0 Å². The topological polar surface area (TPSA) is 95.7 Å². The van der Waals surface area contributed by atoms with Crippen molar-refractivity contribution in [2.75, 3.05) is 0 Å². The summed E-state index contributed by atoms with van der Waals surface area (Å²) < 4.78 is 9.98. The molecule has 0 unspecified atom stereocenters. The molecule has 2 aromatic rings. The Bertz CT molecular complexity index is 795. The molecule has 0 saturated heterocycles. The van der Waals surface area contributed by atoms with Crippen LogP contribution in [0.5, 0.6) is 11.5 Å². The lowest BCUT2D eigenvalue weighted by molar-refractivity contribution is -0.384. The predicted octanol–water partition coefficient (Wildman–Crippen LogP) is 3.14. The van der Waals surface area contributed by atoms with E-state index < -0.39 is 16.9 Å². The highest BCUT2D eigenvalue weighted by molar-refractivity contribution is 5.88. The standard InChI is InChI=1S/C17H13NO6/c1-12(19)23-16-4-2-3-13(11-16)5-10-17(20)24-15-8-6-14(7-9-15)18(21)22/h2-11H,1H3. The fourth-order valence-electron chi connectivity index (χ4n) is 1.80. The van der Waals surface area contributed by atoms with Crippen molar-refractivity contribution in [3.8, 4) is 11.5 Å². The molecule has 0 spiro atoms. The van der Waals surface area contributed by atoms with Crippen molar-refractivity contribution in [3.05, 3.63) is 70.3 Å². The number of hydrogen-bond donors (Lipinski definition) is 0. The smallest absolute Gasteiger partial charge is 0.336 e. The van der Waals surface area contributed by atoms with Gasteiger partial charge in [-0.05, 0) is 35.9 Å². The summed E-state index contributed by atoms with van der Waals surface area (Å²) in [5, 5.41) is 10.5. The van der Waals surface area contributed by atoms with Gasteiger partial charge in [-0.1, -0.05) is 12.1 Å². The van der Waals surface area contributed by atoms with Gasteiger partial charge in [0, 0.05) is 25.1 Å². The molecule has 7 heteroatoms. The van der Waals surface area contributed by atoms with Gasteiger partial charge >= 0.3 is 11.9 Å². The number of ether oxygens (including phenoxy) is 2. The van der Waals surface area contributed by atoms with Crippen LogP contribution >= 0.6 is 0 Å². The Hall–Kier alpha value is -3.48. The van der Waals surface area contributed by atoms with Gasteiger partial charge in [0.25, 0.3) is 5.69 Å². The molecule has 0 aromatic heterocycles. The predicted molar refractivity (Wildman–Crippen MR) is 85.5 cm³/mol. The van der Waals surface area contributed by atoms with Crippen LogP contribution in [0, 0.1) is 10.1 Å². The monoisotopic (exact) mass is 327 g/mol. The number of carbonyl (C=O) groups is 2. The molecule has 2 rings (SSSR count). The number of rotatable bonds is 5. The molecule has 0 heterocycles. The van der Waals surface area contributed by atoms with Crippen LogP contribution in [-0.4, -0.2) is 16.9 Å². The molecular formula is C17H13NO6. The van der Waals surface area contributed by atoms with E-state index in [0.717, 1.165) is 0 Å². The number of nitrogens with zero attached hydrogens (tertiary/aromatic N) is 1. The van der Waals surface area contributed by atoms with E-state index in [1.807, 2.05) is 0 Å². The highest BCUT2D eigenvalue weighted by Gasteiger charge is 2.06. The van der Waals surface area contributed by atoms with Crippen LogP contribution in [0.2, 0.25) is 0 Å². The minimum absolute atomic E-state index is 0.0902. The van der Waals surface area contributed by atoms with Gasteiger partial charge in [0.15, 0.2) is 0 Å². The summed E-state index contributed by atoms with van der Waals surface area (Å²) in [5.41, 5.74) is 0.557. The van der Waals surface area contributed by atoms with Crippen LogP contribution in [0.4, 0.5) is 5.69 Å². The average Bonchev–Trinajstić information content (AvgIpc) is 2.53. The van der Waals surface area contributed by atoms with Crippen molar-refractivity contribution in [2.24, 2.45) is 0 Å². The lowest BCUT2D eigenvalue weighted by Crippen LogP contribution is -2.03. The number of nitro groups is 1. The molecule has 2 aromatic carbocycles. The Morgan fingerprint density at radius 3 is 2.38 bits per heavy atom. The maximum atomic E-state index is 11.7. The summed E-state index contributed by atoms with van der Waals surface area (Å²) in [6.45, 7) is 1.30. The number of non-ortho nitro benzene ring substituents is 1. The summed E-state index contributed by atoms with van der Waals surface area (Å²) in [6.07, 6.45) is 2.70. The van der Waals surface area contributed by atoms with Gasteiger partial charge in [0.1, 0.15) is 11.5 Å².